The maximum atomic E-state index is 12.3. The van der Waals surface area contributed by atoms with Crippen molar-refractivity contribution in [1.29, 1.82) is 0 Å². The number of hydrogen-bond acceptors (Lipinski definition) is 5. The first-order chi connectivity index (χ1) is 11.7. The smallest absolute Gasteiger partial charge is 0.258 e. The summed E-state index contributed by atoms with van der Waals surface area (Å²) < 4.78 is 2.76. The number of hydrogen-bond donors (Lipinski definition) is 1. The van der Waals surface area contributed by atoms with Crippen molar-refractivity contribution in [1.82, 2.24) is 19.7 Å². The molecule has 2 heterocycles. The van der Waals surface area contributed by atoms with Gasteiger partial charge in [0.05, 0.1) is 20.8 Å². The largest absolute Gasteiger partial charge is 0.298 e. The van der Waals surface area contributed by atoms with Crippen LogP contribution in [0.2, 0.25) is 5.02 Å². The van der Waals surface area contributed by atoms with E-state index in [2.05, 4.69) is 20.5 Å². The van der Waals surface area contributed by atoms with E-state index in [1.807, 2.05) is 18.2 Å². The van der Waals surface area contributed by atoms with E-state index in [0.29, 0.717) is 15.7 Å². The van der Waals surface area contributed by atoms with E-state index < -0.39 is 0 Å². The van der Waals surface area contributed by atoms with Crippen LogP contribution in [0.1, 0.15) is 10.4 Å². The van der Waals surface area contributed by atoms with Crippen molar-refractivity contribution in [3.8, 4) is 5.69 Å². The van der Waals surface area contributed by atoms with Crippen LogP contribution in [0, 0.1) is 0 Å². The van der Waals surface area contributed by atoms with Crippen LogP contribution in [0.3, 0.4) is 0 Å². The molecule has 0 spiro atoms. The van der Waals surface area contributed by atoms with Crippen LogP contribution in [0.25, 0.3) is 15.9 Å². The first kappa shape index (κ1) is 14.8. The second-order valence-corrected chi connectivity index (χ2v) is 6.41. The zero-order valence-corrected chi connectivity index (χ0v) is 13.8. The highest BCUT2D eigenvalue weighted by Gasteiger charge is 2.13. The Kier molecular flexibility index (Phi) is 3.72. The Morgan fingerprint density at radius 1 is 1.12 bits per heavy atom. The van der Waals surface area contributed by atoms with Crippen molar-refractivity contribution >= 4 is 44.2 Å². The number of aromatic nitrogens is 4. The predicted octanol–water partition coefficient (Wildman–Crippen LogP) is 3.78. The molecule has 2 aromatic carbocycles. The van der Waals surface area contributed by atoms with Crippen LogP contribution < -0.4 is 5.32 Å². The molecule has 0 radical (unpaired) electrons. The molecule has 0 aliphatic rings. The van der Waals surface area contributed by atoms with Crippen LogP contribution in [-0.4, -0.2) is 25.7 Å². The Balaban J connectivity index is 1.63. The third-order valence-corrected chi connectivity index (χ3v) is 4.69. The number of carbonyl (C=O) groups is 1. The Hall–Kier alpha value is -2.77. The number of anilines is 1. The van der Waals surface area contributed by atoms with Crippen molar-refractivity contribution < 1.29 is 4.79 Å². The lowest BCUT2D eigenvalue weighted by Gasteiger charge is -2.02. The molecule has 8 heteroatoms. The number of benzene rings is 2. The number of rotatable bonds is 3. The lowest BCUT2D eigenvalue weighted by atomic mass is 10.2. The van der Waals surface area contributed by atoms with Crippen molar-refractivity contribution in [2.24, 2.45) is 0 Å². The van der Waals surface area contributed by atoms with Crippen LogP contribution in [0.4, 0.5) is 5.13 Å². The molecule has 0 unspecified atom stereocenters. The number of nitrogens with zero attached hydrogens (tertiary/aromatic N) is 4. The lowest BCUT2D eigenvalue weighted by Crippen LogP contribution is -2.11. The minimum absolute atomic E-state index is 0.279. The first-order valence-corrected chi connectivity index (χ1v) is 8.21. The molecule has 0 bridgehead atoms. The highest BCUT2D eigenvalue weighted by atomic mass is 35.5. The molecule has 4 rings (SSSR count). The average molecular weight is 356 g/mol. The summed E-state index contributed by atoms with van der Waals surface area (Å²) in [5, 5.41) is 11.3. The molecule has 1 amide bonds. The minimum Gasteiger partial charge on any atom is -0.298 e. The number of halogens is 1. The van der Waals surface area contributed by atoms with E-state index in [4.69, 9.17) is 11.6 Å². The number of fused-ring (bicyclic) bond motifs is 1. The van der Waals surface area contributed by atoms with Gasteiger partial charge in [-0.25, -0.2) is 4.98 Å². The van der Waals surface area contributed by atoms with Crippen molar-refractivity contribution in [3.05, 3.63) is 65.7 Å². The van der Waals surface area contributed by atoms with Gasteiger partial charge < -0.3 is 0 Å². The van der Waals surface area contributed by atoms with Crippen molar-refractivity contribution in [3.63, 3.8) is 0 Å². The summed E-state index contributed by atoms with van der Waals surface area (Å²) in [6.45, 7) is 0. The van der Waals surface area contributed by atoms with Crippen LogP contribution >= 0.6 is 22.9 Å². The summed E-state index contributed by atoms with van der Waals surface area (Å²) in [6, 6.07) is 12.7. The highest BCUT2D eigenvalue weighted by Crippen LogP contribution is 2.28. The summed E-state index contributed by atoms with van der Waals surface area (Å²) >= 11 is 7.45. The quantitative estimate of drug-likeness (QED) is 0.607. The molecule has 4 aromatic rings. The standard InChI is InChI=1S/C16H10ClN5OS/c17-12-4-2-1-3-11(12)15(23)21-16-20-13-6-5-10(7-14(13)24-16)22-8-18-19-9-22/h1-9H,(H,20,21,23). The highest BCUT2D eigenvalue weighted by molar-refractivity contribution is 7.22. The van der Waals surface area contributed by atoms with Gasteiger partial charge in [0.1, 0.15) is 12.7 Å². The third kappa shape index (κ3) is 2.75. The molecule has 2 aromatic heterocycles. The lowest BCUT2D eigenvalue weighted by molar-refractivity contribution is 0.102. The summed E-state index contributed by atoms with van der Waals surface area (Å²) in [7, 11) is 0. The Bertz CT molecular complexity index is 1030. The molecule has 6 nitrogen and oxygen atoms in total. The molecule has 0 aliphatic carbocycles. The van der Waals surface area contributed by atoms with Gasteiger partial charge in [0.15, 0.2) is 5.13 Å². The zero-order chi connectivity index (χ0) is 16.5. The van der Waals surface area contributed by atoms with Crippen LogP contribution in [-0.2, 0) is 0 Å². The zero-order valence-electron chi connectivity index (χ0n) is 12.2. The Morgan fingerprint density at radius 3 is 2.71 bits per heavy atom. The van der Waals surface area contributed by atoms with E-state index >= 15 is 0 Å². The van der Waals surface area contributed by atoms with Gasteiger partial charge in [0, 0.05) is 5.69 Å². The molecule has 1 N–H and O–H groups in total. The average Bonchev–Trinajstić information content (AvgIpc) is 3.23. The normalized spacial score (nSPS) is 10.9. The maximum Gasteiger partial charge on any atom is 0.258 e. The maximum absolute atomic E-state index is 12.3. The molecule has 0 saturated heterocycles. The number of amides is 1. The van der Waals surface area contributed by atoms with Crippen molar-refractivity contribution in [2.75, 3.05) is 5.32 Å². The van der Waals surface area contributed by atoms with Gasteiger partial charge in [-0.3, -0.25) is 14.7 Å². The fourth-order valence-corrected chi connectivity index (χ4v) is 3.39. The molecule has 118 valence electrons. The molecule has 24 heavy (non-hydrogen) atoms. The van der Waals surface area contributed by atoms with Gasteiger partial charge in [-0.05, 0) is 30.3 Å². The molecule has 0 aliphatic heterocycles. The molecule has 0 saturated carbocycles. The third-order valence-electron chi connectivity index (χ3n) is 3.43. The topological polar surface area (TPSA) is 72.7 Å². The fourth-order valence-electron chi connectivity index (χ4n) is 2.27. The van der Waals surface area contributed by atoms with E-state index in [0.717, 1.165) is 15.9 Å². The second kappa shape index (κ2) is 6.03. The monoisotopic (exact) mass is 355 g/mol. The Labute approximate surface area is 145 Å². The van der Waals surface area contributed by atoms with E-state index in [1.165, 1.54) is 11.3 Å². The van der Waals surface area contributed by atoms with Gasteiger partial charge in [-0.2, -0.15) is 0 Å². The van der Waals surface area contributed by atoms with Gasteiger partial charge in [-0.1, -0.05) is 35.1 Å². The summed E-state index contributed by atoms with van der Waals surface area (Å²) in [4.78, 5) is 16.7. The van der Waals surface area contributed by atoms with Gasteiger partial charge in [0.2, 0.25) is 0 Å². The number of nitrogens with one attached hydrogen (secondary N) is 1. The first-order valence-electron chi connectivity index (χ1n) is 7.02. The van der Waals surface area contributed by atoms with Crippen molar-refractivity contribution in [2.45, 2.75) is 0 Å². The summed E-state index contributed by atoms with van der Waals surface area (Å²) in [6.07, 6.45) is 3.25. The Morgan fingerprint density at radius 2 is 1.92 bits per heavy atom. The SMILES string of the molecule is O=C(Nc1nc2ccc(-n3cnnc3)cc2s1)c1ccccc1Cl. The molecule has 0 fully saturated rings. The van der Waals surface area contributed by atoms with Gasteiger partial charge in [-0.15, -0.1) is 10.2 Å². The van der Waals surface area contributed by atoms with Gasteiger partial charge in [0.25, 0.3) is 5.91 Å². The number of carbonyl (C=O) groups excluding carboxylic acids is 1. The summed E-state index contributed by atoms with van der Waals surface area (Å²) in [5.41, 5.74) is 2.16. The second-order valence-electron chi connectivity index (χ2n) is 4.97. The van der Waals surface area contributed by atoms with Crippen LogP contribution in [0.15, 0.2) is 55.1 Å². The van der Waals surface area contributed by atoms with E-state index in [-0.39, 0.29) is 5.91 Å². The fraction of sp³-hybridized carbons (Fsp3) is 0. The minimum atomic E-state index is -0.279. The van der Waals surface area contributed by atoms with Gasteiger partial charge >= 0.3 is 0 Å². The molecule has 0 atom stereocenters. The van der Waals surface area contributed by atoms with Crippen LogP contribution in [0.5, 0.6) is 0 Å². The predicted molar refractivity (Wildman–Crippen MR) is 93.9 cm³/mol. The summed E-state index contributed by atoms with van der Waals surface area (Å²) in [5.74, 6) is -0.279. The van der Waals surface area contributed by atoms with E-state index in [1.54, 1.807) is 41.5 Å². The molecular weight excluding hydrogens is 346 g/mol. The van der Waals surface area contributed by atoms with E-state index in [9.17, 15) is 4.79 Å². The molecular formula is C16H10ClN5OS. The number of thiazole rings is 1.